The predicted octanol–water partition coefficient (Wildman–Crippen LogP) is 3.44. The molecule has 0 radical (unpaired) electrons. The summed E-state index contributed by atoms with van der Waals surface area (Å²) in [5.74, 6) is 4.13. The summed E-state index contributed by atoms with van der Waals surface area (Å²) in [5, 5.41) is 3.62. The minimum Gasteiger partial charge on any atom is -0.307 e. The molecule has 4 aliphatic carbocycles. The first-order valence-electron chi connectivity index (χ1n) is 7.70. The Bertz CT molecular complexity index is 319. The van der Waals surface area contributed by atoms with Gasteiger partial charge >= 0.3 is 0 Å². The van der Waals surface area contributed by atoms with Gasteiger partial charge in [-0.05, 0) is 55.8 Å². The van der Waals surface area contributed by atoms with Crippen molar-refractivity contribution in [1.29, 1.82) is 0 Å². The number of nitrogens with one attached hydrogen (secondary N) is 1. The molecule has 0 aliphatic heterocycles. The van der Waals surface area contributed by atoms with Crippen molar-refractivity contribution in [2.24, 2.45) is 29.1 Å². The molecule has 4 rings (SSSR count). The van der Waals surface area contributed by atoms with Crippen molar-refractivity contribution in [3.63, 3.8) is 0 Å². The summed E-state index contributed by atoms with van der Waals surface area (Å²) >= 11 is 0. The maximum atomic E-state index is 12.0. The van der Waals surface area contributed by atoms with Crippen LogP contribution >= 0.6 is 12.4 Å². The van der Waals surface area contributed by atoms with E-state index >= 15 is 0 Å². The Kier molecular flexibility index (Phi) is 4.32. The second-order valence-electron chi connectivity index (χ2n) is 8.01. The molecule has 4 saturated carbocycles. The Balaban J connectivity index is 0.00000133. The fourth-order valence-electron chi connectivity index (χ4n) is 4.73. The van der Waals surface area contributed by atoms with Gasteiger partial charge in [-0.3, -0.25) is 4.79 Å². The van der Waals surface area contributed by atoms with Gasteiger partial charge in [0.25, 0.3) is 0 Å². The zero-order valence-electron chi connectivity index (χ0n) is 12.4. The van der Waals surface area contributed by atoms with E-state index in [9.17, 15) is 4.79 Å². The van der Waals surface area contributed by atoms with Crippen LogP contribution in [0.1, 0.15) is 52.9 Å². The fourth-order valence-corrected chi connectivity index (χ4v) is 4.73. The lowest BCUT2D eigenvalue weighted by Gasteiger charge is -2.54. The van der Waals surface area contributed by atoms with Crippen LogP contribution < -0.4 is 5.32 Å². The summed E-state index contributed by atoms with van der Waals surface area (Å²) in [6.45, 7) is 6.65. The summed E-state index contributed by atoms with van der Waals surface area (Å²) in [7, 11) is 0. The molecular weight excluding hydrogens is 258 g/mol. The van der Waals surface area contributed by atoms with E-state index < -0.39 is 0 Å². The number of rotatable bonds is 3. The van der Waals surface area contributed by atoms with Crippen molar-refractivity contribution in [3.8, 4) is 0 Å². The van der Waals surface area contributed by atoms with Crippen LogP contribution in [0.5, 0.6) is 0 Å². The van der Waals surface area contributed by atoms with E-state index in [0.717, 1.165) is 23.7 Å². The maximum absolute atomic E-state index is 12.0. The molecule has 3 heteroatoms. The molecule has 0 heterocycles. The van der Waals surface area contributed by atoms with Crippen molar-refractivity contribution in [1.82, 2.24) is 5.32 Å². The van der Waals surface area contributed by atoms with Gasteiger partial charge in [0, 0.05) is 11.5 Å². The van der Waals surface area contributed by atoms with Crippen molar-refractivity contribution in [3.05, 3.63) is 0 Å². The number of hydrogen-bond acceptors (Lipinski definition) is 2. The fraction of sp³-hybridized carbons (Fsp3) is 0.938. The Morgan fingerprint density at radius 3 is 1.89 bits per heavy atom. The first-order chi connectivity index (χ1) is 8.43. The van der Waals surface area contributed by atoms with E-state index in [-0.39, 0.29) is 17.8 Å². The standard InChI is InChI=1S/C16H27NO.ClH/c1-16(2,3)14(18)9-17-15-12-5-10-4-11(7-12)8-13(15)6-10;/h10-13,15,17H,4-9H2,1-3H3;1H. The van der Waals surface area contributed by atoms with Crippen molar-refractivity contribution in [2.75, 3.05) is 6.54 Å². The topological polar surface area (TPSA) is 29.1 Å². The summed E-state index contributed by atoms with van der Waals surface area (Å²) in [5.41, 5.74) is -0.196. The monoisotopic (exact) mass is 285 g/mol. The first-order valence-corrected chi connectivity index (χ1v) is 7.70. The number of halogens is 1. The lowest BCUT2D eigenvalue weighted by molar-refractivity contribution is -0.126. The molecule has 0 aromatic rings. The average Bonchev–Trinajstić information content (AvgIpc) is 2.25. The third-order valence-electron chi connectivity index (χ3n) is 5.56. The van der Waals surface area contributed by atoms with Crippen LogP contribution in [0.15, 0.2) is 0 Å². The van der Waals surface area contributed by atoms with Crippen LogP contribution in [0.3, 0.4) is 0 Å². The molecule has 2 nitrogen and oxygen atoms in total. The van der Waals surface area contributed by atoms with Gasteiger partial charge in [0.15, 0.2) is 5.78 Å². The van der Waals surface area contributed by atoms with Crippen LogP contribution in [0.25, 0.3) is 0 Å². The maximum Gasteiger partial charge on any atom is 0.151 e. The molecule has 0 unspecified atom stereocenters. The molecule has 110 valence electrons. The summed E-state index contributed by atoms with van der Waals surface area (Å²) in [6.07, 6.45) is 7.20. The molecule has 0 aromatic carbocycles. The van der Waals surface area contributed by atoms with Gasteiger partial charge in [-0.25, -0.2) is 0 Å². The minimum absolute atomic E-state index is 0. The molecule has 0 amide bonds. The highest BCUT2D eigenvalue weighted by atomic mass is 35.5. The Morgan fingerprint density at radius 1 is 1.00 bits per heavy atom. The normalized spacial score (nSPS) is 40.1. The number of ketones is 1. The highest BCUT2D eigenvalue weighted by Gasteiger charge is 2.48. The van der Waals surface area contributed by atoms with Gasteiger partial charge < -0.3 is 5.32 Å². The van der Waals surface area contributed by atoms with E-state index in [1.807, 2.05) is 20.8 Å². The predicted molar refractivity (Wildman–Crippen MR) is 80.5 cm³/mol. The van der Waals surface area contributed by atoms with E-state index in [4.69, 9.17) is 0 Å². The number of hydrogen-bond donors (Lipinski definition) is 1. The van der Waals surface area contributed by atoms with Crippen LogP contribution in [0.4, 0.5) is 0 Å². The van der Waals surface area contributed by atoms with Gasteiger partial charge in [-0.2, -0.15) is 0 Å². The van der Waals surface area contributed by atoms with E-state index in [1.54, 1.807) is 0 Å². The molecule has 19 heavy (non-hydrogen) atoms. The minimum atomic E-state index is -0.196. The summed E-state index contributed by atoms with van der Waals surface area (Å²) in [4.78, 5) is 12.0. The third-order valence-corrected chi connectivity index (χ3v) is 5.56. The van der Waals surface area contributed by atoms with Crippen molar-refractivity contribution >= 4 is 18.2 Å². The molecular formula is C16H28ClNO. The van der Waals surface area contributed by atoms with Crippen LogP contribution in [0, 0.1) is 29.1 Å². The van der Waals surface area contributed by atoms with E-state index in [0.29, 0.717) is 18.4 Å². The third kappa shape index (κ3) is 3.00. The smallest absolute Gasteiger partial charge is 0.151 e. The Labute approximate surface area is 123 Å². The van der Waals surface area contributed by atoms with Gasteiger partial charge in [0.1, 0.15) is 0 Å². The summed E-state index contributed by atoms with van der Waals surface area (Å²) < 4.78 is 0. The van der Waals surface area contributed by atoms with Crippen LogP contribution in [-0.4, -0.2) is 18.4 Å². The van der Waals surface area contributed by atoms with E-state index in [2.05, 4.69) is 5.32 Å². The van der Waals surface area contributed by atoms with Gasteiger partial charge in [-0.15, -0.1) is 12.4 Å². The first kappa shape index (κ1) is 15.3. The molecule has 0 atom stereocenters. The highest BCUT2D eigenvalue weighted by molar-refractivity contribution is 5.85. The Morgan fingerprint density at radius 2 is 1.47 bits per heavy atom. The number of Topliss-reactive ketones (excluding diaryl/α,β-unsaturated/α-hetero) is 1. The van der Waals surface area contributed by atoms with Gasteiger partial charge in [-0.1, -0.05) is 20.8 Å². The molecule has 0 spiro atoms. The second kappa shape index (κ2) is 5.37. The van der Waals surface area contributed by atoms with Crippen LogP contribution in [0.2, 0.25) is 0 Å². The molecule has 4 bridgehead atoms. The highest BCUT2D eigenvalue weighted by Crippen LogP contribution is 2.53. The van der Waals surface area contributed by atoms with E-state index in [1.165, 1.54) is 32.1 Å². The lowest BCUT2D eigenvalue weighted by Crippen LogP contribution is -2.55. The van der Waals surface area contributed by atoms with Crippen molar-refractivity contribution in [2.45, 2.75) is 58.9 Å². The molecule has 4 aliphatic rings. The zero-order valence-corrected chi connectivity index (χ0v) is 13.3. The number of carbonyl (C=O) groups excluding carboxylic acids is 1. The lowest BCUT2D eigenvalue weighted by atomic mass is 9.54. The average molecular weight is 286 g/mol. The molecule has 1 N–H and O–H groups in total. The van der Waals surface area contributed by atoms with Crippen molar-refractivity contribution < 1.29 is 4.79 Å². The van der Waals surface area contributed by atoms with Gasteiger partial charge in [0.2, 0.25) is 0 Å². The second-order valence-corrected chi connectivity index (χ2v) is 8.01. The largest absolute Gasteiger partial charge is 0.307 e. The van der Waals surface area contributed by atoms with Gasteiger partial charge in [0.05, 0.1) is 6.54 Å². The molecule has 0 saturated heterocycles. The number of carbonyl (C=O) groups is 1. The zero-order chi connectivity index (χ0) is 12.9. The van der Waals surface area contributed by atoms with Crippen LogP contribution in [-0.2, 0) is 4.79 Å². The molecule has 4 fully saturated rings. The quantitative estimate of drug-likeness (QED) is 0.861. The SMILES string of the molecule is CC(C)(C)C(=O)CNC1C2CC3CC(C2)CC1C3.Cl. The Hall–Kier alpha value is -0.0800. The summed E-state index contributed by atoms with van der Waals surface area (Å²) in [6, 6.07) is 0.643. The molecule has 0 aromatic heterocycles.